The van der Waals surface area contributed by atoms with Gasteiger partial charge in [-0.25, -0.2) is 0 Å². The zero-order chi connectivity index (χ0) is 15.2. The molecule has 118 valence electrons. The van der Waals surface area contributed by atoms with Crippen molar-refractivity contribution in [3.05, 3.63) is 35.9 Å². The Morgan fingerprint density at radius 2 is 1.90 bits per heavy atom. The highest BCUT2D eigenvalue weighted by Crippen LogP contribution is 2.27. The summed E-state index contributed by atoms with van der Waals surface area (Å²) in [6.07, 6.45) is -1.34. The van der Waals surface area contributed by atoms with Crippen molar-refractivity contribution in [2.45, 2.75) is 50.7 Å². The van der Waals surface area contributed by atoms with Gasteiger partial charge in [0.15, 0.2) is 6.29 Å². The summed E-state index contributed by atoms with van der Waals surface area (Å²) in [7, 11) is 3.20. The van der Waals surface area contributed by atoms with Crippen LogP contribution in [0.2, 0.25) is 0 Å². The minimum Gasteiger partial charge on any atom is -0.391 e. The number of hydrogen-bond donors (Lipinski definition) is 1. The molecule has 0 saturated carbocycles. The van der Waals surface area contributed by atoms with Crippen LogP contribution >= 0.6 is 0 Å². The largest absolute Gasteiger partial charge is 0.391 e. The first-order valence-corrected chi connectivity index (χ1v) is 7.20. The Bertz CT molecular complexity index is 408. The smallest absolute Gasteiger partial charge is 0.184 e. The molecule has 1 aliphatic rings. The van der Waals surface area contributed by atoms with Gasteiger partial charge in [-0.05, 0) is 12.5 Å². The van der Waals surface area contributed by atoms with E-state index in [-0.39, 0.29) is 12.2 Å². The van der Waals surface area contributed by atoms with Crippen LogP contribution < -0.4 is 0 Å². The van der Waals surface area contributed by atoms with Crippen molar-refractivity contribution >= 4 is 0 Å². The molecule has 1 unspecified atom stereocenters. The first-order valence-electron chi connectivity index (χ1n) is 7.20. The van der Waals surface area contributed by atoms with Gasteiger partial charge in [-0.1, -0.05) is 30.3 Å². The molecular weight excluding hydrogens is 272 g/mol. The van der Waals surface area contributed by atoms with Gasteiger partial charge in [-0.15, -0.1) is 0 Å². The van der Waals surface area contributed by atoms with Crippen LogP contribution in [-0.4, -0.2) is 50.0 Å². The van der Waals surface area contributed by atoms with Gasteiger partial charge in [0, 0.05) is 20.6 Å². The van der Waals surface area contributed by atoms with Crippen molar-refractivity contribution in [1.82, 2.24) is 0 Å². The van der Waals surface area contributed by atoms with Gasteiger partial charge in [0.05, 0.1) is 18.8 Å². The van der Waals surface area contributed by atoms with Crippen molar-refractivity contribution in [3.8, 4) is 0 Å². The number of aliphatic hydroxyl groups excluding tert-OH is 1. The van der Waals surface area contributed by atoms with Gasteiger partial charge in [-0.2, -0.15) is 0 Å². The second kappa shape index (κ2) is 7.87. The average Bonchev–Trinajstić information content (AvgIpc) is 2.52. The molecule has 5 nitrogen and oxygen atoms in total. The predicted octanol–water partition coefficient (Wildman–Crippen LogP) is 1.73. The molecular formula is C16H24O5. The van der Waals surface area contributed by atoms with E-state index in [2.05, 4.69) is 0 Å². The highest BCUT2D eigenvalue weighted by Gasteiger charge is 2.41. The highest BCUT2D eigenvalue weighted by molar-refractivity contribution is 5.13. The summed E-state index contributed by atoms with van der Waals surface area (Å²) in [5, 5.41) is 9.78. The second-order valence-electron chi connectivity index (χ2n) is 5.29. The molecule has 1 heterocycles. The molecule has 1 aromatic carbocycles. The molecule has 0 aliphatic carbocycles. The fraction of sp³-hybridized carbons (Fsp3) is 0.625. The van der Waals surface area contributed by atoms with E-state index in [1.54, 1.807) is 21.1 Å². The minimum atomic E-state index is -0.623. The lowest BCUT2D eigenvalue weighted by molar-refractivity contribution is -0.285. The van der Waals surface area contributed by atoms with Gasteiger partial charge in [0.25, 0.3) is 0 Å². The van der Waals surface area contributed by atoms with Gasteiger partial charge >= 0.3 is 0 Å². The molecule has 1 saturated heterocycles. The summed E-state index contributed by atoms with van der Waals surface area (Å²) < 4.78 is 22.5. The first kappa shape index (κ1) is 16.4. The van der Waals surface area contributed by atoms with E-state index in [4.69, 9.17) is 18.9 Å². The topological polar surface area (TPSA) is 57.2 Å². The molecule has 0 aromatic heterocycles. The van der Waals surface area contributed by atoms with Gasteiger partial charge in [0.2, 0.25) is 0 Å². The Kier molecular flexibility index (Phi) is 6.14. The van der Waals surface area contributed by atoms with Crippen molar-refractivity contribution in [2.75, 3.05) is 14.2 Å². The van der Waals surface area contributed by atoms with Crippen LogP contribution in [0.3, 0.4) is 0 Å². The zero-order valence-corrected chi connectivity index (χ0v) is 12.8. The molecule has 0 bridgehead atoms. The van der Waals surface area contributed by atoms with E-state index in [0.717, 1.165) is 5.56 Å². The lowest BCUT2D eigenvalue weighted by Gasteiger charge is -2.41. The molecule has 1 N–H and O–H groups in total. The molecule has 5 heteroatoms. The Morgan fingerprint density at radius 1 is 1.19 bits per heavy atom. The van der Waals surface area contributed by atoms with Gasteiger partial charge in [-0.3, -0.25) is 0 Å². The molecule has 0 amide bonds. The normalized spacial score (nSPS) is 31.0. The Hall–Kier alpha value is -0.980. The third-order valence-electron chi connectivity index (χ3n) is 3.74. The van der Waals surface area contributed by atoms with Crippen LogP contribution in [-0.2, 0) is 25.6 Å². The summed E-state index contributed by atoms with van der Waals surface area (Å²) in [6.45, 7) is 2.18. The third kappa shape index (κ3) is 4.25. The van der Waals surface area contributed by atoms with Crippen LogP contribution in [0.5, 0.6) is 0 Å². The van der Waals surface area contributed by atoms with E-state index in [1.807, 2.05) is 30.3 Å². The number of aliphatic hydroxyl groups is 1. The third-order valence-corrected chi connectivity index (χ3v) is 3.74. The summed E-state index contributed by atoms with van der Waals surface area (Å²) in [6, 6.07) is 9.95. The summed E-state index contributed by atoms with van der Waals surface area (Å²) in [5.41, 5.74) is 1.10. The SMILES string of the molecule is COC1O[C@H]([C@@H](C)O)[C@@H](OC)C[C@H]1OCc1ccccc1. The summed E-state index contributed by atoms with van der Waals surface area (Å²) in [5.74, 6) is 0. The number of hydrogen-bond acceptors (Lipinski definition) is 5. The van der Waals surface area contributed by atoms with Crippen molar-refractivity contribution in [2.24, 2.45) is 0 Å². The van der Waals surface area contributed by atoms with Crippen LogP contribution in [0.1, 0.15) is 18.9 Å². The Labute approximate surface area is 125 Å². The maximum atomic E-state index is 9.78. The molecule has 0 spiro atoms. The van der Waals surface area contributed by atoms with Crippen LogP contribution in [0.15, 0.2) is 30.3 Å². The second-order valence-corrected chi connectivity index (χ2v) is 5.29. The zero-order valence-electron chi connectivity index (χ0n) is 12.8. The van der Waals surface area contributed by atoms with Crippen molar-refractivity contribution < 1.29 is 24.1 Å². The lowest BCUT2D eigenvalue weighted by atomic mass is 9.98. The van der Waals surface area contributed by atoms with Crippen LogP contribution in [0, 0.1) is 0 Å². The van der Waals surface area contributed by atoms with E-state index in [1.165, 1.54) is 0 Å². The molecule has 5 atom stereocenters. The fourth-order valence-electron chi connectivity index (χ4n) is 2.59. The van der Waals surface area contributed by atoms with Crippen LogP contribution in [0.25, 0.3) is 0 Å². The maximum absolute atomic E-state index is 9.78. The van der Waals surface area contributed by atoms with Gasteiger partial charge in [0.1, 0.15) is 12.2 Å². The number of ether oxygens (including phenoxy) is 4. The Morgan fingerprint density at radius 3 is 2.48 bits per heavy atom. The molecule has 0 radical (unpaired) electrons. The molecule has 1 aliphatic heterocycles. The first-order chi connectivity index (χ1) is 10.2. The summed E-state index contributed by atoms with van der Waals surface area (Å²) in [4.78, 5) is 0. The highest BCUT2D eigenvalue weighted by atomic mass is 16.7. The number of benzene rings is 1. The predicted molar refractivity (Wildman–Crippen MR) is 77.8 cm³/mol. The molecule has 21 heavy (non-hydrogen) atoms. The van der Waals surface area contributed by atoms with Crippen molar-refractivity contribution in [3.63, 3.8) is 0 Å². The Balaban J connectivity index is 1.98. The quantitative estimate of drug-likeness (QED) is 0.866. The average molecular weight is 296 g/mol. The molecule has 1 aromatic rings. The van der Waals surface area contributed by atoms with Crippen molar-refractivity contribution in [1.29, 1.82) is 0 Å². The fourth-order valence-corrected chi connectivity index (χ4v) is 2.59. The maximum Gasteiger partial charge on any atom is 0.184 e. The summed E-state index contributed by atoms with van der Waals surface area (Å²) >= 11 is 0. The number of methoxy groups -OCH3 is 2. The van der Waals surface area contributed by atoms with Gasteiger partial charge < -0.3 is 24.1 Å². The molecule has 1 fully saturated rings. The lowest BCUT2D eigenvalue weighted by Crippen LogP contribution is -2.53. The van der Waals surface area contributed by atoms with Crippen LogP contribution in [0.4, 0.5) is 0 Å². The van der Waals surface area contributed by atoms with E-state index in [9.17, 15) is 5.11 Å². The monoisotopic (exact) mass is 296 g/mol. The van der Waals surface area contributed by atoms with E-state index in [0.29, 0.717) is 13.0 Å². The van der Waals surface area contributed by atoms with E-state index < -0.39 is 18.5 Å². The standard InChI is InChI=1S/C16H24O5/c1-11(17)15-13(18-2)9-14(16(19-3)21-15)20-10-12-7-5-4-6-8-12/h4-8,11,13-17H,9-10H2,1-3H3/t11-,13+,14-,15-,16?/m1/s1. The number of rotatable bonds is 6. The minimum absolute atomic E-state index is 0.211. The molecule has 2 rings (SSSR count). The van der Waals surface area contributed by atoms with E-state index >= 15 is 0 Å².